The Morgan fingerprint density at radius 2 is 2.11 bits per heavy atom. The van der Waals surface area contributed by atoms with Crippen LogP contribution >= 0.6 is 0 Å². The topological polar surface area (TPSA) is 66.5 Å². The van der Waals surface area contributed by atoms with Gasteiger partial charge in [0.15, 0.2) is 0 Å². The van der Waals surface area contributed by atoms with Crippen molar-refractivity contribution in [2.45, 2.75) is 31.9 Å². The molecule has 0 aliphatic rings. The van der Waals surface area contributed by atoms with Gasteiger partial charge in [-0.15, -0.1) is 0 Å². The third-order valence-electron chi connectivity index (χ3n) is 1.28. The van der Waals surface area contributed by atoms with Crippen molar-refractivity contribution in [2.24, 2.45) is 5.73 Å². The van der Waals surface area contributed by atoms with Gasteiger partial charge in [-0.05, 0) is 12.8 Å². The number of nitrogens with two attached hydrogens (primary N) is 1. The molecule has 2 atom stereocenters. The highest BCUT2D eigenvalue weighted by molar-refractivity contribution is 4.64. The zero-order valence-corrected chi connectivity index (χ0v) is 5.75. The molecule has 2 unspecified atom stereocenters. The van der Waals surface area contributed by atoms with Crippen molar-refractivity contribution in [1.82, 2.24) is 0 Å². The number of rotatable bonds is 4. The number of hydrogen-bond acceptors (Lipinski definition) is 3. The predicted molar refractivity (Wildman–Crippen MR) is 36.0 cm³/mol. The van der Waals surface area contributed by atoms with E-state index in [1.54, 1.807) is 0 Å². The second-order valence-electron chi connectivity index (χ2n) is 2.24. The molecule has 9 heavy (non-hydrogen) atoms. The highest BCUT2D eigenvalue weighted by Crippen LogP contribution is 1.98. The van der Waals surface area contributed by atoms with Crippen LogP contribution in [0.4, 0.5) is 0 Å². The van der Waals surface area contributed by atoms with E-state index in [2.05, 4.69) is 0 Å². The zero-order valence-electron chi connectivity index (χ0n) is 5.75. The van der Waals surface area contributed by atoms with E-state index in [0.29, 0.717) is 12.8 Å². The molecule has 4 N–H and O–H groups in total. The lowest BCUT2D eigenvalue weighted by Gasteiger charge is -2.11. The lowest BCUT2D eigenvalue weighted by molar-refractivity contribution is 0.135. The molecule has 0 spiro atoms. The average molecular weight is 133 g/mol. The molecule has 0 aliphatic carbocycles. The van der Waals surface area contributed by atoms with Gasteiger partial charge in [-0.25, -0.2) is 0 Å². The fourth-order valence-corrected chi connectivity index (χ4v) is 0.591. The van der Waals surface area contributed by atoms with Crippen LogP contribution in [-0.4, -0.2) is 29.0 Å². The van der Waals surface area contributed by atoms with Gasteiger partial charge in [-0.3, -0.25) is 0 Å². The summed E-state index contributed by atoms with van der Waals surface area (Å²) in [6.07, 6.45) is 0.841. The standard InChI is InChI=1S/C6H15NO2/c1-2-6(9)3-5(7)4-8/h5-6,8-9H,2-4,7H2,1H3. The SMILES string of the molecule is CCC(O)CC(N)CO. The summed E-state index contributed by atoms with van der Waals surface area (Å²) >= 11 is 0. The van der Waals surface area contributed by atoms with Crippen LogP contribution in [0, 0.1) is 0 Å². The van der Waals surface area contributed by atoms with Crippen LogP contribution in [-0.2, 0) is 0 Å². The number of aliphatic hydroxyl groups is 2. The minimum atomic E-state index is -0.354. The highest BCUT2D eigenvalue weighted by atomic mass is 16.3. The van der Waals surface area contributed by atoms with Gasteiger partial charge in [-0.2, -0.15) is 0 Å². The Morgan fingerprint density at radius 3 is 2.44 bits per heavy atom. The third kappa shape index (κ3) is 4.39. The van der Waals surface area contributed by atoms with Gasteiger partial charge in [0.25, 0.3) is 0 Å². The first-order valence-electron chi connectivity index (χ1n) is 3.25. The molecular weight excluding hydrogens is 118 g/mol. The maximum Gasteiger partial charge on any atom is 0.0583 e. The first kappa shape index (κ1) is 8.88. The van der Waals surface area contributed by atoms with Crippen molar-refractivity contribution < 1.29 is 10.2 Å². The van der Waals surface area contributed by atoms with Crippen molar-refractivity contribution >= 4 is 0 Å². The minimum Gasteiger partial charge on any atom is -0.395 e. The van der Waals surface area contributed by atoms with Gasteiger partial charge >= 0.3 is 0 Å². The van der Waals surface area contributed by atoms with Gasteiger partial charge in [0.05, 0.1) is 12.7 Å². The van der Waals surface area contributed by atoms with Crippen LogP contribution < -0.4 is 5.73 Å². The molecule has 0 amide bonds. The summed E-state index contributed by atoms with van der Waals surface area (Å²) in [5, 5.41) is 17.4. The maximum atomic E-state index is 8.97. The second-order valence-corrected chi connectivity index (χ2v) is 2.24. The third-order valence-corrected chi connectivity index (χ3v) is 1.28. The highest BCUT2D eigenvalue weighted by Gasteiger charge is 2.06. The molecule has 0 aromatic heterocycles. The van der Waals surface area contributed by atoms with E-state index in [1.165, 1.54) is 0 Å². The van der Waals surface area contributed by atoms with Crippen LogP contribution in [0.15, 0.2) is 0 Å². The molecule has 0 saturated carbocycles. The molecule has 0 rings (SSSR count). The molecule has 0 fully saturated rings. The fraction of sp³-hybridized carbons (Fsp3) is 1.00. The molecule has 0 radical (unpaired) electrons. The minimum absolute atomic E-state index is 0.0446. The predicted octanol–water partition coefficient (Wildman–Crippen LogP) is -0.533. The Hall–Kier alpha value is -0.120. The molecule has 0 bridgehead atoms. The largest absolute Gasteiger partial charge is 0.395 e. The molecule has 0 heterocycles. The van der Waals surface area contributed by atoms with E-state index in [-0.39, 0.29) is 18.8 Å². The quantitative estimate of drug-likeness (QED) is 0.483. The maximum absolute atomic E-state index is 8.97. The first-order valence-corrected chi connectivity index (χ1v) is 3.25. The molecule has 0 aromatic rings. The molecule has 0 aliphatic heterocycles. The molecule has 0 aromatic carbocycles. The Balaban J connectivity index is 3.22. The Labute approximate surface area is 55.5 Å². The Morgan fingerprint density at radius 1 is 1.56 bits per heavy atom. The zero-order chi connectivity index (χ0) is 7.28. The summed E-state index contributed by atoms with van der Waals surface area (Å²) in [5.74, 6) is 0. The molecule has 0 saturated heterocycles. The van der Waals surface area contributed by atoms with Crippen LogP contribution in [0.25, 0.3) is 0 Å². The lowest BCUT2D eigenvalue weighted by Crippen LogP contribution is -2.29. The van der Waals surface area contributed by atoms with E-state index < -0.39 is 0 Å². The number of hydrogen-bond donors (Lipinski definition) is 3. The summed E-state index contributed by atoms with van der Waals surface area (Å²) in [6.45, 7) is 1.84. The van der Waals surface area contributed by atoms with E-state index in [9.17, 15) is 0 Å². The van der Waals surface area contributed by atoms with Crippen molar-refractivity contribution in [3.63, 3.8) is 0 Å². The molecular formula is C6H15NO2. The fourth-order valence-electron chi connectivity index (χ4n) is 0.591. The van der Waals surface area contributed by atoms with Gasteiger partial charge in [-0.1, -0.05) is 6.92 Å². The van der Waals surface area contributed by atoms with E-state index in [1.807, 2.05) is 6.92 Å². The smallest absolute Gasteiger partial charge is 0.0583 e. The van der Waals surface area contributed by atoms with Crippen LogP contribution in [0.2, 0.25) is 0 Å². The van der Waals surface area contributed by atoms with Gasteiger partial charge in [0, 0.05) is 6.04 Å². The normalized spacial score (nSPS) is 17.3. The van der Waals surface area contributed by atoms with E-state index in [4.69, 9.17) is 15.9 Å². The van der Waals surface area contributed by atoms with E-state index in [0.717, 1.165) is 0 Å². The summed E-state index contributed by atoms with van der Waals surface area (Å²) in [6, 6.07) is -0.264. The van der Waals surface area contributed by atoms with Crippen molar-refractivity contribution in [3.05, 3.63) is 0 Å². The first-order chi connectivity index (χ1) is 4.20. The number of aliphatic hydroxyl groups excluding tert-OH is 2. The van der Waals surface area contributed by atoms with Crippen LogP contribution in [0.3, 0.4) is 0 Å². The second kappa shape index (κ2) is 4.73. The van der Waals surface area contributed by atoms with Gasteiger partial charge in [0.2, 0.25) is 0 Å². The van der Waals surface area contributed by atoms with Crippen molar-refractivity contribution in [2.75, 3.05) is 6.61 Å². The lowest BCUT2D eigenvalue weighted by atomic mass is 10.1. The van der Waals surface area contributed by atoms with Crippen molar-refractivity contribution in [3.8, 4) is 0 Å². The van der Waals surface area contributed by atoms with Crippen LogP contribution in [0.5, 0.6) is 0 Å². The monoisotopic (exact) mass is 133 g/mol. The molecule has 3 nitrogen and oxygen atoms in total. The summed E-state index contributed by atoms with van der Waals surface area (Å²) in [5.41, 5.74) is 5.34. The van der Waals surface area contributed by atoms with E-state index >= 15 is 0 Å². The van der Waals surface area contributed by atoms with Crippen molar-refractivity contribution in [1.29, 1.82) is 0 Å². The molecule has 3 heteroatoms. The Bertz CT molecular complexity index is 60.1. The molecule has 56 valence electrons. The Kier molecular flexibility index (Phi) is 4.67. The van der Waals surface area contributed by atoms with Crippen LogP contribution in [0.1, 0.15) is 19.8 Å². The summed E-state index contributed by atoms with van der Waals surface area (Å²) < 4.78 is 0. The average Bonchev–Trinajstić information content (AvgIpc) is 1.87. The van der Waals surface area contributed by atoms with Gasteiger partial charge < -0.3 is 15.9 Å². The summed E-state index contributed by atoms with van der Waals surface area (Å²) in [7, 11) is 0. The summed E-state index contributed by atoms with van der Waals surface area (Å²) in [4.78, 5) is 0. The van der Waals surface area contributed by atoms with Gasteiger partial charge in [0.1, 0.15) is 0 Å².